The Morgan fingerprint density at radius 2 is 2.38 bits per heavy atom. The molecule has 1 unspecified atom stereocenters. The van der Waals surface area contributed by atoms with Gasteiger partial charge >= 0.3 is 0 Å². The summed E-state index contributed by atoms with van der Waals surface area (Å²) < 4.78 is 0. The molecular weight excluding hydrogens is 100 g/mol. The van der Waals surface area contributed by atoms with Crippen LogP contribution in [0.4, 0.5) is 0 Å². The fraction of sp³-hybridized carbons (Fsp3) is 1.00. The highest BCUT2D eigenvalue weighted by atomic mass is 14.9. The van der Waals surface area contributed by atoms with Crippen molar-refractivity contribution >= 4 is 0 Å². The minimum absolute atomic E-state index is 0.134. The second-order valence-electron chi connectivity index (χ2n) is 2.72. The smallest absolute Gasteiger partial charge is 0.0196 e. The second-order valence-corrected chi connectivity index (χ2v) is 2.72. The summed E-state index contributed by atoms with van der Waals surface area (Å²) in [7, 11) is 0. The first-order valence-electron chi connectivity index (χ1n) is 3.22. The Morgan fingerprint density at radius 1 is 1.75 bits per heavy atom. The summed E-state index contributed by atoms with van der Waals surface area (Å²) in [6.07, 6.45) is 2.22. The molecule has 1 rings (SSSR count). The maximum absolute atomic E-state index is 5.82. The minimum Gasteiger partial charge on any atom is -0.330 e. The topological polar surface area (TPSA) is 52.0 Å². The lowest BCUT2D eigenvalue weighted by molar-refractivity contribution is 0.579. The zero-order valence-corrected chi connectivity index (χ0v) is 5.35. The van der Waals surface area contributed by atoms with Gasteiger partial charge in [-0.25, -0.2) is 0 Å². The molecule has 1 fully saturated rings. The standard InChI is InChI=1S/C6H14N2/c1-2-6(8)3-5(6)4-7/h5H,2-4,7-8H2,1H3/t5?,6-/m1/s1. The van der Waals surface area contributed by atoms with Gasteiger partial charge in [-0.15, -0.1) is 0 Å². The summed E-state index contributed by atoms with van der Waals surface area (Å²) in [5, 5.41) is 0. The summed E-state index contributed by atoms with van der Waals surface area (Å²) in [5.74, 6) is 0.618. The molecule has 0 saturated heterocycles. The molecule has 2 nitrogen and oxygen atoms in total. The van der Waals surface area contributed by atoms with E-state index in [0.29, 0.717) is 5.92 Å². The lowest BCUT2D eigenvalue weighted by Crippen LogP contribution is -2.26. The quantitative estimate of drug-likeness (QED) is 0.534. The fourth-order valence-corrected chi connectivity index (χ4v) is 1.15. The van der Waals surface area contributed by atoms with E-state index in [4.69, 9.17) is 11.5 Å². The van der Waals surface area contributed by atoms with Gasteiger partial charge in [-0.05, 0) is 25.3 Å². The highest BCUT2D eigenvalue weighted by Gasteiger charge is 2.47. The molecule has 1 aliphatic carbocycles. The van der Waals surface area contributed by atoms with Crippen molar-refractivity contribution < 1.29 is 0 Å². The number of rotatable bonds is 2. The molecule has 0 aromatic heterocycles. The van der Waals surface area contributed by atoms with Gasteiger partial charge in [0, 0.05) is 5.54 Å². The van der Waals surface area contributed by atoms with Crippen LogP contribution in [-0.2, 0) is 0 Å². The second kappa shape index (κ2) is 1.71. The van der Waals surface area contributed by atoms with E-state index in [2.05, 4.69) is 6.92 Å². The molecule has 2 heteroatoms. The van der Waals surface area contributed by atoms with Crippen molar-refractivity contribution in [2.45, 2.75) is 25.3 Å². The van der Waals surface area contributed by atoms with Crippen LogP contribution in [0.2, 0.25) is 0 Å². The van der Waals surface area contributed by atoms with Crippen LogP contribution in [0.1, 0.15) is 19.8 Å². The first-order chi connectivity index (χ1) is 3.73. The van der Waals surface area contributed by atoms with Crippen LogP contribution in [0.5, 0.6) is 0 Å². The fourth-order valence-electron chi connectivity index (χ4n) is 1.15. The summed E-state index contributed by atoms with van der Waals surface area (Å²) in [4.78, 5) is 0. The Kier molecular flexibility index (Phi) is 1.29. The van der Waals surface area contributed by atoms with E-state index in [1.54, 1.807) is 0 Å². The summed E-state index contributed by atoms with van der Waals surface area (Å²) in [5.41, 5.74) is 11.4. The third kappa shape index (κ3) is 0.740. The van der Waals surface area contributed by atoms with E-state index >= 15 is 0 Å². The highest BCUT2D eigenvalue weighted by molar-refractivity contribution is 5.06. The van der Waals surface area contributed by atoms with Crippen LogP contribution < -0.4 is 11.5 Å². The van der Waals surface area contributed by atoms with Crippen molar-refractivity contribution in [1.82, 2.24) is 0 Å². The molecule has 1 aliphatic rings. The molecule has 1 saturated carbocycles. The number of hydrogen-bond acceptors (Lipinski definition) is 2. The van der Waals surface area contributed by atoms with Crippen molar-refractivity contribution in [3.63, 3.8) is 0 Å². The largest absolute Gasteiger partial charge is 0.330 e. The third-order valence-electron chi connectivity index (χ3n) is 2.22. The lowest BCUT2D eigenvalue weighted by Gasteiger charge is -2.03. The molecule has 0 aromatic rings. The van der Waals surface area contributed by atoms with E-state index in [1.165, 1.54) is 0 Å². The molecule has 0 aromatic carbocycles. The Bertz CT molecular complexity index is 92.5. The van der Waals surface area contributed by atoms with Crippen molar-refractivity contribution in [3.8, 4) is 0 Å². The zero-order chi connectivity index (χ0) is 6.20. The summed E-state index contributed by atoms with van der Waals surface area (Å²) in [6, 6.07) is 0. The van der Waals surface area contributed by atoms with Crippen LogP contribution in [0, 0.1) is 5.92 Å². The maximum atomic E-state index is 5.82. The summed E-state index contributed by atoms with van der Waals surface area (Å²) in [6.45, 7) is 2.89. The van der Waals surface area contributed by atoms with Crippen molar-refractivity contribution in [2.75, 3.05) is 6.54 Å². The van der Waals surface area contributed by atoms with Crippen LogP contribution in [-0.4, -0.2) is 12.1 Å². The van der Waals surface area contributed by atoms with Crippen LogP contribution in [0.25, 0.3) is 0 Å². The van der Waals surface area contributed by atoms with E-state index < -0.39 is 0 Å². The Balaban J connectivity index is 2.31. The van der Waals surface area contributed by atoms with Gasteiger partial charge in [0.15, 0.2) is 0 Å². The Labute approximate surface area is 50.2 Å². The van der Waals surface area contributed by atoms with Crippen molar-refractivity contribution in [2.24, 2.45) is 17.4 Å². The molecule has 0 bridgehead atoms. The average molecular weight is 114 g/mol. The first-order valence-corrected chi connectivity index (χ1v) is 3.22. The van der Waals surface area contributed by atoms with Gasteiger partial charge in [0.05, 0.1) is 0 Å². The van der Waals surface area contributed by atoms with Crippen LogP contribution in [0.15, 0.2) is 0 Å². The van der Waals surface area contributed by atoms with Crippen molar-refractivity contribution in [3.05, 3.63) is 0 Å². The van der Waals surface area contributed by atoms with Crippen LogP contribution in [0.3, 0.4) is 0 Å². The summed E-state index contributed by atoms with van der Waals surface area (Å²) >= 11 is 0. The first kappa shape index (κ1) is 6.05. The zero-order valence-electron chi connectivity index (χ0n) is 5.35. The molecule has 4 N–H and O–H groups in total. The predicted molar refractivity (Wildman–Crippen MR) is 34.4 cm³/mol. The van der Waals surface area contributed by atoms with Gasteiger partial charge in [0.2, 0.25) is 0 Å². The average Bonchev–Trinajstić information content (AvgIpc) is 2.44. The molecular formula is C6H14N2. The van der Waals surface area contributed by atoms with E-state index in [-0.39, 0.29) is 5.54 Å². The molecule has 8 heavy (non-hydrogen) atoms. The Morgan fingerprint density at radius 3 is 2.50 bits per heavy atom. The van der Waals surface area contributed by atoms with Gasteiger partial charge in [-0.2, -0.15) is 0 Å². The molecule has 2 atom stereocenters. The number of nitrogens with two attached hydrogens (primary N) is 2. The molecule has 0 spiro atoms. The van der Waals surface area contributed by atoms with Gasteiger partial charge in [0.1, 0.15) is 0 Å². The van der Waals surface area contributed by atoms with Gasteiger partial charge < -0.3 is 11.5 Å². The maximum Gasteiger partial charge on any atom is 0.0196 e. The normalized spacial score (nSPS) is 44.6. The van der Waals surface area contributed by atoms with Gasteiger partial charge in [-0.1, -0.05) is 6.92 Å². The van der Waals surface area contributed by atoms with E-state index in [0.717, 1.165) is 19.4 Å². The monoisotopic (exact) mass is 114 g/mol. The number of hydrogen-bond donors (Lipinski definition) is 2. The molecule has 0 heterocycles. The van der Waals surface area contributed by atoms with Crippen LogP contribution >= 0.6 is 0 Å². The molecule has 0 aliphatic heterocycles. The molecule has 0 amide bonds. The molecule has 48 valence electrons. The Hall–Kier alpha value is -0.0800. The van der Waals surface area contributed by atoms with Gasteiger partial charge in [0.25, 0.3) is 0 Å². The highest BCUT2D eigenvalue weighted by Crippen LogP contribution is 2.42. The predicted octanol–water partition coefficient (Wildman–Crippen LogP) is 0.0725. The lowest BCUT2D eigenvalue weighted by atomic mass is 10.2. The molecule has 0 radical (unpaired) electrons. The van der Waals surface area contributed by atoms with Crippen molar-refractivity contribution in [1.29, 1.82) is 0 Å². The van der Waals surface area contributed by atoms with E-state index in [9.17, 15) is 0 Å². The SMILES string of the molecule is CC[C@@]1(N)CC1CN. The van der Waals surface area contributed by atoms with E-state index in [1.807, 2.05) is 0 Å². The minimum atomic E-state index is 0.134. The van der Waals surface area contributed by atoms with Gasteiger partial charge in [-0.3, -0.25) is 0 Å². The third-order valence-corrected chi connectivity index (χ3v) is 2.22.